The van der Waals surface area contributed by atoms with Gasteiger partial charge in [-0.2, -0.15) is 9.37 Å². The first-order valence-electron chi connectivity index (χ1n) is 9.82. The minimum absolute atomic E-state index is 0.0702. The van der Waals surface area contributed by atoms with Gasteiger partial charge in [0.25, 0.3) is 0 Å². The highest BCUT2D eigenvalue weighted by molar-refractivity contribution is 7.46. The fraction of sp³-hybridized carbons (Fsp3) is 0.143. The quantitative estimate of drug-likeness (QED) is 0.316. The van der Waals surface area contributed by atoms with E-state index in [4.69, 9.17) is 24.8 Å². The van der Waals surface area contributed by atoms with Crippen LogP contribution in [0, 0.1) is 11.8 Å². The van der Waals surface area contributed by atoms with Gasteiger partial charge in [-0.05, 0) is 29.8 Å². The molecule has 3 aromatic rings. The molecule has 2 aromatic heterocycles. The molecule has 10 nitrogen and oxygen atoms in total. The number of allylic oxidation sites excluding steroid dienone is 2. The fourth-order valence-corrected chi connectivity index (χ4v) is 3.44. The summed E-state index contributed by atoms with van der Waals surface area (Å²) in [6, 6.07) is 9.89. The molecule has 0 amide bonds. The van der Waals surface area contributed by atoms with Gasteiger partial charge >= 0.3 is 7.82 Å². The number of hydrogen-bond acceptors (Lipinski definition) is 8. The molecule has 34 heavy (non-hydrogen) atoms. The number of aromatic nitrogens is 2. The maximum absolute atomic E-state index is 14.5. The van der Waals surface area contributed by atoms with Crippen LogP contribution >= 0.6 is 7.82 Å². The fourth-order valence-electron chi connectivity index (χ4n) is 3.16. The predicted octanol–water partition coefficient (Wildman–Crippen LogP) is 3.30. The zero-order valence-corrected chi connectivity index (χ0v) is 18.3. The molecule has 1 aliphatic heterocycles. The number of hydrogen-bond donors (Lipinski definition) is 3. The molecule has 1 atom stereocenters. The molecule has 1 aliphatic rings. The van der Waals surface area contributed by atoms with Crippen molar-refractivity contribution >= 4 is 13.4 Å². The first-order chi connectivity index (χ1) is 16.2. The summed E-state index contributed by atoms with van der Waals surface area (Å²) in [6.07, 6.45) is 4.25. The largest absolute Gasteiger partial charge is 0.471 e. The molecule has 0 spiro atoms. The average molecular weight is 492 g/mol. The second-order valence-electron chi connectivity index (χ2n) is 7.20. The van der Waals surface area contributed by atoms with Crippen LogP contribution in [0.25, 0.3) is 5.57 Å². The van der Waals surface area contributed by atoms with Crippen molar-refractivity contribution in [3.05, 3.63) is 89.6 Å². The van der Waals surface area contributed by atoms with Crippen LogP contribution in [0.2, 0.25) is 0 Å². The molecule has 4 N–H and O–H groups in total. The van der Waals surface area contributed by atoms with Gasteiger partial charge in [0, 0.05) is 30.3 Å². The summed E-state index contributed by atoms with van der Waals surface area (Å²) in [4.78, 5) is 22.7. The van der Waals surface area contributed by atoms with Crippen LogP contribution in [0.4, 0.5) is 8.78 Å². The highest BCUT2D eigenvalue weighted by atomic mass is 31.2. The lowest BCUT2D eigenvalue weighted by atomic mass is 10.1. The summed E-state index contributed by atoms with van der Waals surface area (Å²) in [5.74, 6) is -1.23. The molecule has 0 fully saturated rings. The van der Waals surface area contributed by atoms with Gasteiger partial charge in [0.1, 0.15) is 12.9 Å². The van der Waals surface area contributed by atoms with E-state index in [0.717, 1.165) is 6.07 Å². The minimum atomic E-state index is -4.66. The minimum Gasteiger partial charge on any atom is -0.436 e. The van der Waals surface area contributed by atoms with Gasteiger partial charge in [-0.3, -0.25) is 4.52 Å². The second-order valence-corrected chi connectivity index (χ2v) is 8.44. The highest BCUT2D eigenvalue weighted by Crippen LogP contribution is 2.36. The van der Waals surface area contributed by atoms with E-state index >= 15 is 0 Å². The Morgan fingerprint density at radius 2 is 2.03 bits per heavy atom. The van der Waals surface area contributed by atoms with Crippen molar-refractivity contribution < 1.29 is 36.9 Å². The molecular weight excluding hydrogens is 473 g/mol. The third-order valence-corrected chi connectivity index (χ3v) is 5.19. The number of phosphoric acid groups is 1. The van der Waals surface area contributed by atoms with Gasteiger partial charge < -0.3 is 29.7 Å². The van der Waals surface area contributed by atoms with E-state index in [0.29, 0.717) is 22.6 Å². The average Bonchev–Trinajstić information content (AvgIpc) is 3.22. The lowest BCUT2D eigenvalue weighted by Crippen LogP contribution is -2.41. The van der Waals surface area contributed by atoms with Crippen molar-refractivity contribution in [2.75, 3.05) is 6.73 Å². The van der Waals surface area contributed by atoms with E-state index in [9.17, 15) is 13.3 Å². The zero-order chi connectivity index (χ0) is 24.3. The highest BCUT2D eigenvalue weighted by Gasteiger charge is 2.25. The van der Waals surface area contributed by atoms with Crippen LogP contribution in [0.1, 0.15) is 17.0 Å². The summed E-state index contributed by atoms with van der Waals surface area (Å²) in [5.41, 5.74) is 7.73. The Hall–Kier alpha value is -3.41. The Morgan fingerprint density at radius 3 is 2.76 bits per heavy atom. The molecule has 1 unspecified atom stereocenters. The Kier molecular flexibility index (Phi) is 6.87. The van der Waals surface area contributed by atoms with Gasteiger partial charge in [0.2, 0.25) is 11.8 Å². The molecule has 0 bridgehead atoms. The van der Waals surface area contributed by atoms with Gasteiger partial charge in [-0.15, -0.1) is 0 Å². The monoisotopic (exact) mass is 492 g/mol. The van der Waals surface area contributed by atoms with Crippen molar-refractivity contribution in [1.29, 1.82) is 0 Å². The SMILES string of the molecule is NC1C(c2cc(Cc3ccc(Oc4cccc(F)n4)c(F)c3)no2)=CC=CN1COP(=O)(O)O. The lowest BCUT2D eigenvalue weighted by Gasteiger charge is -2.30. The van der Waals surface area contributed by atoms with Crippen LogP contribution in [0.5, 0.6) is 11.6 Å². The number of nitrogens with two attached hydrogens (primary N) is 1. The summed E-state index contributed by atoms with van der Waals surface area (Å²) in [6.45, 7) is -0.431. The Bertz CT molecular complexity index is 1290. The normalized spacial score (nSPS) is 16.0. The maximum atomic E-state index is 14.5. The van der Waals surface area contributed by atoms with Crippen LogP contribution in [-0.4, -0.2) is 37.7 Å². The number of halogens is 2. The van der Waals surface area contributed by atoms with E-state index in [2.05, 4.69) is 14.7 Å². The Labute approximate surface area is 192 Å². The van der Waals surface area contributed by atoms with Crippen molar-refractivity contribution in [3.8, 4) is 11.6 Å². The molecular formula is C21H19F2N4O6P. The number of ether oxygens (including phenoxy) is 1. The topological polar surface area (TPSA) is 144 Å². The molecule has 3 heterocycles. The van der Waals surface area contributed by atoms with Crippen molar-refractivity contribution in [1.82, 2.24) is 15.0 Å². The van der Waals surface area contributed by atoms with E-state index < -0.39 is 32.5 Å². The van der Waals surface area contributed by atoms with Crippen LogP contribution < -0.4 is 10.5 Å². The first-order valence-corrected chi connectivity index (χ1v) is 11.4. The van der Waals surface area contributed by atoms with Crippen LogP contribution in [-0.2, 0) is 15.5 Å². The van der Waals surface area contributed by atoms with Crippen molar-refractivity contribution in [3.63, 3.8) is 0 Å². The summed E-state index contributed by atoms with van der Waals surface area (Å²) < 4.78 is 53.8. The molecule has 0 aliphatic carbocycles. The van der Waals surface area contributed by atoms with Gasteiger partial charge in [-0.25, -0.2) is 8.96 Å². The molecule has 178 valence electrons. The molecule has 0 saturated heterocycles. The Morgan fingerprint density at radius 1 is 1.21 bits per heavy atom. The standard InChI is InChI=1S/C21H19F2N4O6P/c22-16-10-13(6-7-17(16)32-20-5-1-4-19(23)25-20)9-14-11-18(33-26-14)15-3-2-8-27(21(15)24)12-31-34(28,29)30/h1-8,10-11,21H,9,12,24H2,(H2,28,29,30). The summed E-state index contributed by atoms with van der Waals surface area (Å²) in [7, 11) is -4.66. The molecule has 0 saturated carbocycles. The number of phosphoric ester groups is 1. The van der Waals surface area contributed by atoms with Crippen LogP contribution in [0.15, 0.2) is 65.3 Å². The number of pyridine rings is 1. The van der Waals surface area contributed by atoms with Gasteiger partial charge in [-0.1, -0.05) is 23.4 Å². The number of rotatable bonds is 8. The number of benzene rings is 1. The van der Waals surface area contributed by atoms with Gasteiger partial charge in [0.05, 0.1) is 5.69 Å². The van der Waals surface area contributed by atoms with E-state index in [1.807, 2.05) is 0 Å². The first kappa shape index (κ1) is 23.7. The van der Waals surface area contributed by atoms with E-state index in [1.54, 1.807) is 24.3 Å². The zero-order valence-electron chi connectivity index (χ0n) is 17.4. The third kappa shape index (κ3) is 5.93. The summed E-state index contributed by atoms with van der Waals surface area (Å²) in [5, 5.41) is 3.99. The predicted molar refractivity (Wildman–Crippen MR) is 115 cm³/mol. The number of nitrogens with zero attached hydrogens (tertiary/aromatic N) is 3. The third-order valence-electron chi connectivity index (χ3n) is 4.73. The van der Waals surface area contributed by atoms with Gasteiger partial charge in [0.15, 0.2) is 17.3 Å². The van der Waals surface area contributed by atoms with Crippen molar-refractivity contribution in [2.24, 2.45) is 5.73 Å². The molecule has 0 radical (unpaired) electrons. The maximum Gasteiger partial charge on any atom is 0.471 e. The summed E-state index contributed by atoms with van der Waals surface area (Å²) >= 11 is 0. The Balaban J connectivity index is 1.42. The van der Waals surface area contributed by atoms with E-state index in [1.165, 1.54) is 35.4 Å². The molecule has 4 rings (SSSR count). The second kappa shape index (κ2) is 9.84. The van der Waals surface area contributed by atoms with E-state index in [-0.39, 0.29) is 18.1 Å². The molecule has 1 aromatic carbocycles. The lowest BCUT2D eigenvalue weighted by molar-refractivity contribution is 0.110. The van der Waals surface area contributed by atoms with Crippen molar-refractivity contribution in [2.45, 2.75) is 12.6 Å². The smallest absolute Gasteiger partial charge is 0.436 e. The molecule has 13 heteroatoms. The van der Waals surface area contributed by atoms with Crippen LogP contribution in [0.3, 0.4) is 0 Å².